The highest BCUT2D eigenvalue weighted by atomic mass is 32.2. The minimum Gasteiger partial charge on any atom is -0.478 e. The molecule has 20 heavy (non-hydrogen) atoms. The second-order valence-electron chi connectivity index (χ2n) is 4.03. The number of carboxylic acids is 2. The van der Waals surface area contributed by atoms with Gasteiger partial charge in [-0.1, -0.05) is 18.2 Å². The molecule has 1 heterocycles. The maximum Gasteiger partial charge on any atom is 0.371 e. The number of rotatable bonds is 6. The van der Waals surface area contributed by atoms with Gasteiger partial charge in [0.1, 0.15) is 5.76 Å². The van der Waals surface area contributed by atoms with Crippen molar-refractivity contribution in [3.8, 4) is 0 Å². The molecule has 1 aromatic carbocycles. The van der Waals surface area contributed by atoms with E-state index < -0.39 is 11.9 Å². The van der Waals surface area contributed by atoms with Gasteiger partial charge < -0.3 is 14.6 Å². The summed E-state index contributed by atoms with van der Waals surface area (Å²) in [6.07, 6.45) is 0. The normalized spacial score (nSPS) is 10.4. The van der Waals surface area contributed by atoms with Crippen molar-refractivity contribution >= 4 is 23.7 Å². The highest BCUT2D eigenvalue weighted by molar-refractivity contribution is 7.97. The van der Waals surface area contributed by atoms with Crippen molar-refractivity contribution in [3.05, 3.63) is 59.0 Å². The number of hydrogen-bond acceptors (Lipinski definition) is 4. The molecule has 0 unspecified atom stereocenters. The summed E-state index contributed by atoms with van der Waals surface area (Å²) in [6, 6.07) is 9.82. The molecule has 0 aliphatic rings. The molecule has 0 saturated carbocycles. The summed E-state index contributed by atoms with van der Waals surface area (Å²) in [5.41, 5.74) is 1.01. The number of carbonyl (C=O) groups is 2. The van der Waals surface area contributed by atoms with Crippen molar-refractivity contribution in [3.63, 3.8) is 0 Å². The van der Waals surface area contributed by atoms with Crippen LogP contribution in [-0.2, 0) is 11.5 Å². The molecule has 104 valence electrons. The Kier molecular flexibility index (Phi) is 4.47. The summed E-state index contributed by atoms with van der Waals surface area (Å²) >= 11 is 1.47. The molecule has 0 bridgehead atoms. The molecule has 1 aromatic heterocycles. The van der Waals surface area contributed by atoms with Crippen molar-refractivity contribution < 1.29 is 24.2 Å². The molecule has 0 fully saturated rings. The van der Waals surface area contributed by atoms with Gasteiger partial charge in [0.25, 0.3) is 0 Å². The van der Waals surface area contributed by atoms with E-state index in [2.05, 4.69) is 0 Å². The van der Waals surface area contributed by atoms with Crippen molar-refractivity contribution in [2.75, 3.05) is 0 Å². The van der Waals surface area contributed by atoms with Gasteiger partial charge in [0.15, 0.2) is 0 Å². The third kappa shape index (κ3) is 3.42. The number of thioether (sulfide) groups is 1. The fourth-order valence-corrected chi connectivity index (χ4v) is 2.62. The first-order valence-electron chi connectivity index (χ1n) is 5.79. The minimum absolute atomic E-state index is 0.0912. The molecule has 2 aromatic rings. The summed E-state index contributed by atoms with van der Waals surface area (Å²) in [6.45, 7) is 0. The number of carboxylic acid groups (broad SMARTS) is 2. The lowest BCUT2D eigenvalue weighted by Gasteiger charge is -2.04. The van der Waals surface area contributed by atoms with E-state index in [1.807, 2.05) is 0 Å². The van der Waals surface area contributed by atoms with Gasteiger partial charge >= 0.3 is 11.9 Å². The summed E-state index contributed by atoms with van der Waals surface area (Å²) in [5, 5.41) is 17.8. The van der Waals surface area contributed by atoms with Crippen LogP contribution in [0.2, 0.25) is 0 Å². The largest absolute Gasteiger partial charge is 0.478 e. The smallest absolute Gasteiger partial charge is 0.371 e. The zero-order valence-electron chi connectivity index (χ0n) is 10.4. The SMILES string of the molecule is O=C(O)c1ccc(CSCc2ccccc2C(=O)O)o1. The van der Waals surface area contributed by atoms with Crippen LogP contribution >= 0.6 is 11.8 Å². The highest BCUT2D eigenvalue weighted by Crippen LogP contribution is 2.21. The van der Waals surface area contributed by atoms with Gasteiger partial charge in [-0.05, 0) is 23.8 Å². The molecule has 5 nitrogen and oxygen atoms in total. The second-order valence-corrected chi connectivity index (χ2v) is 5.01. The molecular formula is C14H12O5S. The first-order valence-corrected chi connectivity index (χ1v) is 6.94. The lowest BCUT2D eigenvalue weighted by Crippen LogP contribution is -2.00. The number of aromatic carboxylic acids is 2. The fraction of sp³-hybridized carbons (Fsp3) is 0.143. The summed E-state index contributed by atoms with van der Waals surface area (Å²) in [4.78, 5) is 21.7. The Hall–Kier alpha value is -2.21. The van der Waals surface area contributed by atoms with E-state index in [0.717, 1.165) is 5.56 Å². The third-order valence-electron chi connectivity index (χ3n) is 2.62. The Bertz CT molecular complexity index is 632. The number of furan rings is 1. The number of benzene rings is 1. The van der Waals surface area contributed by atoms with Gasteiger partial charge in [-0.15, -0.1) is 11.8 Å². The van der Waals surface area contributed by atoms with Gasteiger partial charge in [0, 0.05) is 5.75 Å². The van der Waals surface area contributed by atoms with Crippen LogP contribution in [-0.4, -0.2) is 22.2 Å². The second kappa shape index (κ2) is 6.29. The van der Waals surface area contributed by atoms with Gasteiger partial charge in [-0.2, -0.15) is 0 Å². The van der Waals surface area contributed by atoms with Crippen LogP contribution in [0.1, 0.15) is 32.2 Å². The molecule has 0 aliphatic heterocycles. The van der Waals surface area contributed by atoms with E-state index in [-0.39, 0.29) is 11.3 Å². The minimum atomic E-state index is -1.10. The third-order valence-corrected chi connectivity index (χ3v) is 3.63. The summed E-state index contributed by atoms with van der Waals surface area (Å²) in [5.74, 6) is -0.580. The average molecular weight is 292 g/mol. The lowest BCUT2D eigenvalue weighted by atomic mass is 10.1. The van der Waals surface area contributed by atoms with E-state index in [1.54, 1.807) is 30.3 Å². The van der Waals surface area contributed by atoms with E-state index >= 15 is 0 Å². The molecule has 2 rings (SSSR count). The maximum atomic E-state index is 11.0. The topological polar surface area (TPSA) is 87.7 Å². The molecule has 0 amide bonds. The van der Waals surface area contributed by atoms with E-state index in [1.165, 1.54) is 17.8 Å². The van der Waals surface area contributed by atoms with Gasteiger partial charge in [0.2, 0.25) is 5.76 Å². The molecule has 2 N–H and O–H groups in total. The van der Waals surface area contributed by atoms with Crippen molar-refractivity contribution in [2.45, 2.75) is 11.5 Å². The van der Waals surface area contributed by atoms with E-state index in [4.69, 9.17) is 14.6 Å². The molecule has 0 radical (unpaired) electrons. The van der Waals surface area contributed by atoms with Gasteiger partial charge in [-0.3, -0.25) is 0 Å². The zero-order valence-corrected chi connectivity index (χ0v) is 11.2. The average Bonchev–Trinajstić information content (AvgIpc) is 2.88. The predicted molar refractivity (Wildman–Crippen MR) is 74.1 cm³/mol. The lowest BCUT2D eigenvalue weighted by molar-refractivity contribution is 0.0658. The van der Waals surface area contributed by atoms with Crippen LogP contribution in [0.5, 0.6) is 0 Å². The highest BCUT2D eigenvalue weighted by Gasteiger charge is 2.11. The molecule has 0 spiro atoms. The fourth-order valence-electron chi connectivity index (χ4n) is 1.69. The van der Waals surface area contributed by atoms with E-state index in [0.29, 0.717) is 17.3 Å². The van der Waals surface area contributed by atoms with Crippen LogP contribution in [0, 0.1) is 0 Å². The van der Waals surface area contributed by atoms with Crippen LogP contribution in [0.3, 0.4) is 0 Å². The van der Waals surface area contributed by atoms with Crippen LogP contribution in [0.25, 0.3) is 0 Å². The Labute approximate surface area is 119 Å². The van der Waals surface area contributed by atoms with Gasteiger partial charge in [0.05, 0.1) is 11.3 Å². The Balaban J connectivity index is 1.96. The van der Waals surface area contributed by atoms with Crippen molar-refractivity contribution in [2.24, 2.45) is 0 Å². The zero-order chi connectivity index (χ0) is 14.5. The molecule has 0 aliphatic carbocycles. The van der Waals surface area contributed by atoms with Crippen LogP contribution < -0.4 is 0 Å². The molecular weight excluding hydrogens is 280 g/mol. The molecule has 0 atom stereocenters. The monoisotopic (exact) mass is 292 g/mol. The standard InChI is InChI=1S/C14H12O5S/c15-13(16)11-4-2-1-3-9(11)7-20-8-10-5-6-12(19-10)14(17)18/h1-6H,7-8H2,(H,15,16)(H,17,18). The van der Waals surface area contributed by atoms with E-state index in [9.17, 15) is 9.59 Å². The van der Waals surface area contributed by atoms with Crippen LogP contribution in [0.4, 0.5) is 0 Å². The van der Waals surface area contributed by atoms with Gasteiger partial charge in [-0.25, -0.2) is 9.59 Å². The predicted octanol–water partition coefficient (Wildman–Crippen LogP) is 3.11. The van der Waals surface area contributed by atoms with Crippen LogP contribution in [0.15, 0.2) is 40.8 Å². The Morgan fingerprint density at radius 3 is 2.40 bits per heavy atom. The Morgan fingerprint density at radius 2 is 1.75 bits per heavy atom. The van der Waals surface area contributed by atoms with Crippen molar-refractivity contribution in [1.29, 1.82) is 0 Å². The number of hydrogen-bond donors (Lipinski definition) is 2. The summed E-state index contributed by atoms with van der Waals surface area (Å²) in [7, 11) is 0. The first kappa shape index (κ1) is 14.2. The summed E-state index contributed by atoms with van der Waals surface area (Å²) < 4.78 is 5.12. The quantitative estimate of drug-likeness (QED) is 0.850. The first-order chi connectivity index (χ1) is 9.58. The molecule has 0 saturated heterocycles. The Morgan fingerprint density at radius 1 is 1.00 bits per heavy atom. The van der Waals surface area contributed by atoms with Crippen molar-refractivity contribution in [1.82, 2.24) is 0 Å². The molecule has 6 heteroatoms. The maximum absolute atomic E-state index is 11.0.